The molecule has 1 aromatic rings. The topological polar surface area (TPSA) is 108 Å². The average Bonchev–Trinajstić information content (AvgIpc) is 3.04. The number of amides is 1. The van der Waals surface area contributed by atoms with E-state index in [2.05, 4.69) is 0 Å². The summed E-state index contributed by atoms with van der Waals surface area (Å²) in [6.45, 7) is 0.223. The van der Waals surface area contributed by atoms with Crippen molar-refractivity contribution in [1.82, 2.24) is 9.21 Å². The molecular formula is C14H18N2O6S. The van der Waals surface area contributed by atoms with E-state index < -0.39 is 32.9 Å². The molecule has 1 aliphatic heterocycles. The average molecular weight is 342 g/mol. The maximum atomic E-state index is 12.7. The van der Waals surface area contributed by atoms with Gasteiger partial charge in [0.05, 0.1) is 0 Å². The van der Waals surface area contributed by atoms with Crippen molar-refractivity contribution in [2.24, 2.45) is 0 Å². The summed E-state index contributed by atoms with van der Waals surface area (Å²) >= 11 is 0. The number of carbonyl (C=O) groups is 2. The van der Waals surface area contributed by atoms with Crippen LogP contribution in [0.3, 0.4) is 0 Å². The number of carbonyl (C=O) groups excluding carboxylic acids is 1. The lowest BCUT2D eigenvalue weighted by Crippen LogP contribution is -2.47. The van der Waals surface area contributed by atoms with Gasteiger partial charge in [0.1, 0.15) is 6.04 Å². The minimum Gasteiger partial charge on any atom is -0.475 e. The summed E-state index contributed by atoms with van der Waals surface area (Å²) in [7, 11) is -2.34. The van der Waals surface area contributed by atoms with E-state index in [1.807, 2.05) is 0 Å². The van der Waals surface area contributed by atoms with Crippen molar-refractivity contribution in [3.05, 3.63) is 17.9 Å². The van der Waals surface area contributed by atoms with Crippen LogP contribution in [-0.2, 0) is 14.8 Å². The molecule has 0 aromatic carbocycles. The highest BCUT2D eigenvalue weighted by Crippen LogP contribution is 2.31. The molecule has 1 atom stereocenters. The first-order valence-corrected chi connectivity index (χ1v) is 8.88. The maximum absolute atomic E-state index is 12.7. The molecule has 3 rings (SSSR count). The third kappa shape index (κ3) is 2.86. The molecule has 1 amide bonds. The Hall–Kier alpha value is -1.87. The van der Waals surface area contributed by atoms with Crippen molar-refractivity contribution in [2.75, 3.05) is 13.6 Å². The highest BCUT2D eigenvalue weighted by Gasteiger charge is 2.44. The van der Waals surface area contributed by atoms with E-state index in [9.17, 15) is 18.0 Å². The molecule has 2 fully saturated rings. The summed E-state index contributed by atoms with van der Waals surface area (Å²) in [4.78, 5) is 25.0. The molecule has 9 heteroatoms. The summed E-state index contributed by atoms with van der Waals surface area (Å²) in [5.74, 6) is -1.99. The highest BCUT2D eigenvalue weighted by atomic mass is 32.2. The maximum Gasteiger partial charge on any atom is 0.371 e. The molecule has 2 aliphatic rings. The predicted octanol–water partition coefficient (Wildman–Crippen LogP) is 0.752. The van der Waals surface area contributed by atoms with Crippen molar-refractivity contribution < 1.29 is 27.5 Å². The zero-order valence-electron chi connectivity index (χ0n) is 12.6. The van der Waals surface area contributed by atoms with Crippen LogP contribution in [0.5, 0.6) is 0 Å². The van der Waals surface area contributed by atoms with Gasteiger partial charge in [0.25, 0.3) is 10.0 Å². The number of sulfonamides is 1. The number of carboxylic acid groups (broad SMARTS) is 1. The van der Waals surface area contributed by atoms with E-state index in [1.165, 1.54) is 0 Å². The molecule has 1 unspecified atom stereocenters. The van der Waals surface area contributed by atoms with E-state index in [1.54, 1.807) is 11.9 Å². The Morgan fingerprint density at radius 2 is 2.00 bits per heavy atom. The van der Waals surface area contributed by atoms with Gasteiger partial charge in [-0.3, -0.25) is 4.79 Å². The number of aromatic carboxylic acids is 1. The van der Waals surface area contributed by atoms with E-state index >= 15 is 0 Å². The van der Waals surface area contributed by atoms with Crippen LogP contribution in [0.15, 0.2) is 21.6 Å². The molecule has 23 heavy (non-hydrogen) atoms. The molecule has 1 saturated heterocycles. The van der Waals surface area contributed by atoms with Gasteiger partial charge in [-0.1, -0.05) is 0 Å². The summed E-state index contributed by atoms with van der Waals surface area (Å²) in [5, 5.41) is 8.41. The molecule has 0 bridgehead atoms. The van der Waals surface area contributed by atoms with Crippen molar-refractivity contribution in [3.63, 3.8) is 0 Å². The third-order valence-electron chi connectivity index (χ3n) is 4.29. The first-order chi connectivity index (χ1) is 10.8. The van der Waals surface area contributed by atoms with Crippen LogP contribution in [0.2, 0.25) is 0 Å². The van der Waals surface area contributed by atoms with Crippen LogP contribution < -0.4 is 0 Å². The Morgan fingerprint density at radius 3 is 2.57 bits per heavy atom. The van der Waals surface area contributed by atoms with Gasteiger partial charge in [-0.05, 0) is 37.8 Å². The summed E-state index contributed by atoms with van der Waals surface area (Å²) in [5.41, 5.74) is 0. The van der Waals surface area contributed by atoms with Gasteiger partial charge < -0.3 is 14.4 Å². The summed E-state index contributed by atoms with van der Waals surface area (Å²) < 4.78 is 31.4. The number of carboxylic acids is 1. The van der Waals surface area contributed by atoms with Crippen LogP contribution in [0.4, 0.5) is 0 Å². The first kappa shape index (κ1) is 16.0. The molecule has 0 radical (unpaired) electrons. The fraction of sp³-hybridized carbons (Fsp3) is 0.571. The molecule has 0 spiro atoms. The van der Waals surface area contributed by atoms with Crippen LogP contribution >= 0.6 is 0 Å². The van der Waals surface area contributed by atoms with Gasteiger partial charge in [0, 0.05) is 19.6 Å². The van der Waals surface area contributed by atoms with Gasteiger partial charge in [0.2, 0.25) is 16.8 Å². The lowest BCUT2D eigenvalue weighted by Gasteiger charge is -2.26. The van der Waals surface area contributed by atoms with E-state index in [0.29, 0.717) is 12.8 Å². The number of hydrogen-bond donors (Lipinski definition) is 1. The van der Waals surface area contributed by atoms with Gasteiger partial charge in [-0.15, -0.1) is 0 Å². The SMILES string of the molecule is CN(C(=O)C1CCCN1S(=O)(=O)c1ccc(C(=O)O)o1)C1CC1. The standard InChI is InChI=1S/C14H18N2O6S/c1-15(9-4-5-9)13(17)10-3-2-8-16(10)23(20,21)12-7-6-11(22-12)14(18)19/h6-7,9-10H,2-5,8H2,1H3,(H,18,19). The van der Waals surface area contributed by atoms with Crippen molar-refractivity contribution in [1.29, 1.82) is 0 Å². The van der Waals surface area contributed by atoms with E-state index in [4.69, 9.17) is 9.52 Å². The van der Waals surface area contributed by atoms with Crippen LogP contribution in [0.25, 0.3) is 0 Å². The van der Waals surface area contributed by atoms with Crippen molar-refractivity contribution in [3.8, 4) is 0 Å². The van der Waals surface area contributed by atoms with Gasteiger partial charge >= 0.3 is 5.97 Å². The molecule has 2 heterocycles. The molecule has 1 saturated carbocycles. The minimum absolute atomic E-state index is 0.204. The van der Waals surface area contributed by atoms with E-state index in [0.717, 1.165) is 29.3 Å². The third-order valence-corrected chi connectivity index (χ3v) is 6.07. The monoisotopic (exact) mass is 342 g/mol. The Bertz CT molecular complexity index is 736. The number of rotatable bonds is 5. The number of nitrogens with zero attached hydrogens (tertiary/aromatic N) is 2. The quantitative estimate of drug-likeness (QED) is 0.846. The molecule has 1 N–H and O–H groups in total. The fourth-order valence-electron chi connectivity index (χ4n) is 2.84. The Labute approximate surface area is 133 Å². The Kier molecular flexibility index (Phi) is 3.93. The lowest BCUT2D eigenvalue weighted by molar-refractivity contribution is -0.133. The van der Waals surface area contributed by atoms with Gasteiger partial charge in [0.15, 0.2) is 0 Å². The largest absolute Gasteiger partial charge is 0.475 e. The number of furan rings is 1. The normalized spacial score (nSPS) is 22.2. The molecule has 1 aliphatic carbocycles. The first-order valence-electron chi connectivity index (χ1n) is 7.44. The summed E-state index contributed by atoms with van der Waals surface area (Å²) in [6.07, 6.45) is 2.94. The Morgan fingerprint density at radius 1 is 1.30 bits per heavy atom. The second-order valence-corrected chi connectivity index (χ2v) is 7.70. The lowest BCUT2D eigenvalue weighted by atomic mass is 10.2. The molecule has 8 nitrogen and oxygen atoms in total. The van der Waals surface area contributed by atoms with Gasteiger partial charge in [-0.2, -0.15) is 4.31 Å². The van der Waals surface area contributed by atoms with Crippen LogP contribution in [0.1, 0.15) is 36.2 Å². The Balaban J connectivity index is 1.85. The zero-order chi connectivity index (χ0) is 16.8. The van der Waals surface area contributed by atoms with Crippen molar-refractivity contribution >= 4 is 21.9 Å². The molecule has 1 aromatic heterocycles. The number of likely N-dealkylation sites (N-methyl/N-ethyl adjacent to an activating group) is 1. The van der Waals surface area contributed by atoms with Gasteiger partial charge in [-0.25, -0.2) is 13.2 Å². The minimum atomic E-state index is -4.03. The van der Waals surface area contributed by atoms with E-state index in [-0.39, 0.29) is 18.5 Å². The smallest absolute Gasteiger partial charge is 0.371 e. The van der Waals surface area contributed by atoms with Crippen molar-refractivity contribution in [2.45, 2.75) is 42.9 Å². The number of hydrogen-bond acceptors (Lipinski definition) is 5. The summed E-state index contributed by atoms with van der Waals surface area (Å²) in [6, 6.07) is 1.67. The molecule has 126 valence electrons. The second kappa shape index (κ2) is 5.64. The highest BCUT2D eigenvalue weighted by molar-refractivity contribution is 7.89. The fourth-order valence-corrected chi connectivity index (χ4v) is 4.41. The predicted molar refractivity (Wildman–Crippen MR) is 78.4 cm³/mol. The second-order valence-electron chi connectivity index (χ2n) is 5.88. The van der Waals surface area contributed by atoms with Crippen LogP contribution in [0, 0.1) is 0 Å². The zero-order valence-corrected chi connectivity index (χ0v) is 13.5. The van der Waals surface area contributed by atoms with Crippen LogP contribution in [-0.4, -0.2) is 60.3 Å². The molecular weight excluding hydrogens is 324 g/mol.